The summed E-state index contributed by atoms with van der Waals surface area (Å²) in [6.45, 7) is 7.69. The molecule has 2 fully saturated rings. The number of rotatable bonds is 3. The highest BCUT2D eigenvalue weighted by atomic mass is 16.5. The van der Waals surface area contributed by atoms with Crippen LogP contribution in [0.15, 0.2) is 0 Å². The van der Waals surface area contributed by atoms with E-state index >= 15 is 0 Å². The molecule has 2 heterocycles. The standard InChI is InChI=1S/C14H28N2O/c1-2-14-12-17-10-9-16(14)11-13-7-5-3-4-6-8-15-13/h13-15H,2-12H2,1H3. The molecule has 0 aromatic carbocycles. The van der Waals surface area contributed by atoms with Crippen LogP contribution in [0.4, 0.5) is 0 Å². The highest BCUT2D eigenvalue weighted by Gasteiger charge is 2.24. The van der Waals surface area contributed by atoms with Crippen molar-refractivity contribution in [2.75, 3.05) is 32.8 Å². The molecule has 2 aliphatic heterocycles. The zero-order chi connectivity index (χ0) is 11.9. The van der Waals surface area contributed by atoms with Gasteiger partial charge in [0, 0.05) is 25.2 Å². The van der Waals surface area contributed by atoms with E-state index in [2.05, 4.69) is 17.1 Å². The summed E-state index contributed by atoms with van der Waals surface area (Å²) in [5.74, 6) is 0. The highest BCUT2D eigenvalue weighted by molar-refractivity contribution is 4.80. The van der Waals surface area contributed by atoms with Crippen LogP contribution in [0.3, 0.4) is 0 Å². The van der Waals surface area contributed by atoms with Crippen molar-refractivity contribution in [2.24, 2.45) is 0 Å². The van der Waals surface area contributed by atoms with Gasteiger partial charge in [-0.1, -0.05) is 26.2 Å². The van der Waals surface area contributed by atoms with Crippen molar-refractivity contribution >= 4 is 0 Å². The molecule has 0 aliphatic carbocycles. The molecule has 100 valence electrons. The first-order chi connectivity index (χ1) is 8.40. The molecule has 0 radical (unpaired) electrons. The minimum absolute atomic E-state index is 0.649. The van der Waals surface area contributed by atoms with Crippen molar-refractivity contribution in [3.8, 4) is 0 Å². The van der Waals surface area contributed by atoms with Crippen molar-refractivity contribution < 1.29 is 4.74 Å². The number of hydrogen-bond acceptors (Lipinski definition) is 3. The zero-order valence-corrected chi connectivity index (χ0v) is 11.3. The maximum atomic E-state index is 5.58. The smallest absolute Gasteiger partial charge is 0.0622 e. The number of nitrogens with one attached hydrogen (secondary N) is 1. The molecule has 0 bridgehead atoms. The molecule has 0 saturated carbocycles. The third-order valence-electron chi connectivity index (χ3n) is 4.19. The number of hydrogen-bond donors (Lipinski definition) is 1. The summed E-state index contributed by atoms with van der Waals surface area (Å²) >= 11 is 0. The fourth-order valence-corrected chi connectivity index (χ4v) is 3.02. The fraction of sp³-hybridized carbons (Fsp3) is 1.00. The minimum Gasteiger partial charge on any atom is -0.378 e. The lowest BCUT2D eigenvalue weighted by atomic mass is 10.0. The predicted octanol–water partition coefficient (Wildman–Crippen LogP) is 2.02. The second-order valence-corrected chi connectivity index (χ2v) is 5.49. The van der Waals surface area contributed by atoms with Gasteiger partial charge in [-0.2, -0.15) is 0 Å². The van der Waals surface area contributed by atoms with Crippen LogP contribution in [-0.4, -0.2) is 49.8 Å². The number of morpholine rings is 1. The molecule has 2 atom stereocenters. The Bertz CT molecular complexity index is 202. The largest absolute Gasteiger partial charge is 0.378 e. The summed E-state index contributed by atoms with van der Waals surface area (Å²) in [4.78, 5) is 2.64. The van der Waals surface area contributed by atoms with Gasteiger partial charge in [0.2, 0.25) is 0 Å². The SMILES string of the molecule is CCC1COCCN1CC1CCCCCCN1. The Hall–Kier alpha value is -0.120. The average Bonchev–Trinajstić information content (AvgIpc) is 2.33. The first-order valence-corrected chi connectivity index (χ1v) is 7.45. The molecular formula is C14H28N2O. The van der Waals surface area contributed by atoms with Gasteiger partial charge in [-0.15, -0.1) is 0 Å². The molecule has 2 rings (SSSR count). The molecule has 2 unspecified atom stereocenters. The molecule has 3 nitrogen and oxygen atoms in total. The van der Waals surface area contributed by atoms with E-state index in [1.807, 2.05) is 0 Å². The molecule has 17 heavy (non-hydrogen) atoms. The van der Waals surface area contributed by atoms with Crippen LogP contribution in [0.1, 0.15) is 45.4 Å². The zero-order valence-electron chi connectivity index (χ0n) is 11.3. The van der Waals surface area contributed by atoms with Crippen molar-refractivity contribution in [1.29, 1.82) is 0 Å². The maximum Gasteiger partial charge on any atom is 0.0622 e. The van der Waals surface area contributed by atoms with Crippen molar-refractivity contribution in [1.82, 2.24) is 10.2 Å². The van der Waals surface area contributed by atoms with E-state index in [-0.39, 0.29) is 0 Å². The number of nitrogens with zero attached hydrogens (tertiary/aromatic N) is 1. The quantitative estimate of drug-likeness (QED) is 0.817. The van der Waals surface area contributed by atoms with E-state index < -0.39 is 0 Å². The molecule has 2 aliphatic rings. The van der Waals surface area contributed by atoms with E-state index in [4.69, 9.17) is 4.74 Å². The lowest BCUT2D eigenvalue weighted by Gasteiger charge is -2.38. The average molecular weight is 240 g/mol. The van der Waals surface area contributed by atoms with Gasteiger partial charge in [0.15, 0.2) is 0 Å². The van der Waals surface area contributed by atoms with Gasteiger partial charge in [-0.05, 0) is 25.8 Å². The Labute approximate surface area is 106 Å². The van der Waals surface area contributed by atoms with Crippen LogP contribution in [0, 0.1) is 0 Å². The topological polar surface area (TPSA) is 24.5 Å². The third kappa shape index (κ3) is 4.23. The van der Waals surface area contributed by atoms with Crippen LogP contribution in [-0.2, 0) is 4.74 Å². The molecule has 0 aromatic heterocycles. The Morgan fingerprint density at radius 3 is 3.00 bits per heavy atom. The molecule has 0 spiro atoms. The van der Waals surface area contributed by atoms with E-state index in [1.54, 1.807) is 0 Å². The predicted molar refractivity (Wildman–Crippen MR) is 71.3 cm³/mol. The van der Waals surface area contributed by atoms with Crippen LogP contribution < -0.4 is 5.32 Å². The van der Waals surface area contributed by atoms with Crippen LogP contribution in [0.5, 0.6) is 0 Å². The van der Waals surface area contributed by atoms with Crippen molar-refractivity contribution in [3.05, 3.63) is 0 Å². The minimum atomic E-state index is 0.649. The van der Waals surface area contributed by atoms with E-state index in [0.29, 0.717) is 12.1 Å². The molecule has 3 heteroatoms. The second kappa shape index (κ2) is 7.34. The van der Waals surface area contributed by atoms with Crippen LogP contribution >= 0.6 is 0 Å². The summed E-state index contributed by atoms with van der Waals surface area (Å²) in [5, 5.41) is 3.73. The summed E-state index contributed by atoms with van der Waals surface area (Å²) in [5.41, 5.74) is 0. The van der Waals surface area contributed by atoms with Crippen molar-refractivity contribution in [3.63, 3.8) is 0 Å². The lowest BCUT2D eigenvalue weighted by Crippen LogP contribution is -2.51. The summed E-state index contributed by atoms with van der Waals surface area (Å²) in [6.07, 6.45) is 8.17. The van der Waals surface area contributed by atoms with Gasteiger partial charge in [0.05, 0.1) is 13.2 Å². The highest BCUT2D eigenvalue weighted by Crippen LogP contribution is 2.15. The van der Waals surface area contributed by atoms with Gasteiger partial charge in [0.1, 0.15) is 0 Å². The first kappa shape index (κ1) is 13.3. The normalized spacial score (nSPS) is 33.0. The first-order valence-electron chi connectivity index (χ1n) is 7.45. The number of ether oxygens (including phenoxy) is 1. The summed E-state index contributed by atoms with van der Waals surface area (Å²) in [6, 6.07) is 1.36. The maximum absolute atomic E-state index is 5.58. The second-order valence-electron chi connectivity index (χ2n) is 5.49. The van der Waals surface area contributed by atoms with Gasteiger partial charge >= 0.3 is 0 Å². The van der Waals surface area contributed by atoms with E-state index in [9.17, 15) is 0 Å². The van der Waals surface area contributed by atoms with Gasteiger partial charge in [0.25, 0.3) is 0 Å². The van der Waals surface area contributed by atoms with Gasteiger partial charge in [-0.3, -0.25) is 4.90 Å². The van der Waals surface area contributed by atoms with Gasteiger partial charge in [-0.25, -0.2) is 0 Å². The molecule has 2 saturated heterocycles. The van der Waals surface area contributed by atoms with Gasteiger partial charge < -0.3 is 10.1 Å². The van der Waals surface area contributed by atoms with Crippen LogP contribution in [0.25, 0.3) is 0 Å². The Kier molecular flexibility index (Phi) is 5.75. The Balaban J connectivity index is 1.80. The Morgan fingerprint density at radius 1 is 1.24 bits per heavy atom. The summed E-state index contributed by atoms with van der Waals surface area (Å²) < 4.78 is 5.58. The Morgan fingerprint density at radius 2 is 2.12 bits per heavy atom. The van der Waals surface area contributed by atoms with E-state index in [0.717, 1.165) is 19.8 Å². The molecule has 0 amide bonds. The third-order valence-corrected chi connectivity index (χ3v) is 4.19. The fourth-order valence-electron chi connectivity index (χ4n) is 3.02. The molecule has 0 aromatic rings. The van der Waals surface area contributed by atoms with Crippen molar-refractivity contribution in [2.45, 2.75) is 57.5 Å². The van der Waals surface area contributed by atoms with Crippen LogP contribution in [0.2, 0.25) is 0 Å². The van der Waals surface area contributed by atoms with E-state index in [1.165, 1.54) is 51.6 Å². The summed E-state index contributed by atoms with van der Waals surface area (Å²) in [7, 11) is 0. The monoisotopic (exact) mass is 240 g/mol. The molecule has 1 N–H and O–H groups in total. The molecular weight excluding hydrogens is 212 g/mol. The lowest BCUT2D eigenvalue weighted by molar-refractivity contribution is -0.0131.